The number of hydrogen-bond acceptors (Lipinski definition) is 7. The Kier molecular flexibility index (Phi) is 3.49. The van der Waals surface area contributed by atoms with Crippen molar-refractivity contribution in [3.05, 3.63) is 12.4 Å². The van der Waals surface area contributed by atoms with Crippen molar-refractivity contribution in [3.63, 3.8) is 0 Å². The number of methoxy groups -OCH3 is 1. The van der Waals surface area contributed by atoms with Crippen LogP contribution in [0, 0.1) is 5.41 Å². The molecule has 0 aliphatic heterocycles. The van der Waals surface area contributed by atoms with Gasteiger partial charge in [-0.1, -0.05) is 0 Å². The molecular formula is C10H14BN3O4. The maximum Gasteiger partial charge on any atom is 0.491 e. The Balaban J connectivity index is 1.93. The molecule has 0 unspecified atom stereocenters. The Morgan fingerprint density at radius 2 is 2.11 bits per heavy atom. The van der Waals surface area contributed by atoms with E-state index in [0.717, 1.165) is 12.8 Å². The first-order valence-electron chi connectivity index (χ1n) is 5.58. The molecule has 18 heavy (non-hydrogen) atoms. The van der Waals surface area contributed by atoms with Crippen LogP contribution in [0.3, 0.4) is 0 Å². The fourth-order valence-electron chi connectivity index (χ4n) is 1.63. The molecule has 1 aromatic heterocycles. The lowest BCUT2D eigenvalue weighted by atomic mass is 9.83. The summed E-state index contributed by atoms with van der Waals surface area (Å²) in [6.07, 6.45) is 4.22. The first kappa shape index (κ1) is 12.8. The summed E-state index contributed by atoms with van der Waals surface area (Å²) in [5.74, 6) is 0.118. The number of nitrogens with zero attached hydrogens (tertiary/aromatic N) is 2. The highest BCUT2D eigenvalue weighted by Gasteiger charge is 2.51. The van der Waals surface area contributed by atoms with Gasteiger partial charge in [-0.25, -0.2) is 9.97 Å². The van der Waals surface area contributed by atoms with Gasteiger partial charge in [-0.2, -0.15) is 0 Å². The smallest absolute Gasteiger partial charge is 0.469 e. The van der Waals surface area contributed by atoms with E-state index in [1.165, 1.54) is 19.5 Å². The molecule has 0 atom stereocenters. The Hall–Kier alpha value is -1.67. The highest BCUT2D eigenvalue weighted by atomic mass is 16.5. The number of ether oxygens (including phenoxy) is 1. The minimum absolute atomic E-state index is 0.217. The Labute approximate surface area is 104 Å². The first-order chi connectivity index (χ1) is 8.57. The van der Waals surface area contributed by atoms with Crippen molar-refractivity contribution < 1.29 is 19.6 Å². The molecule has 1 aliphatic carbocycles. The van der Waals surface area contributed by atoms with Crippen LogP contribution in [0.15, 0.2) is 12.4 Å². The molecule has 2 rings (SSSR count). The monoisotopic (exact) mass is 251 g/mol. The molecule has 1 fully saturated rings. The zero-order valence-electron chi connectivity index (χ0n) is 9.96. The molecule has 0 bridgehead atoms. The Morgan fingerprint density at radius 1 is 1.50 bits per heavy atom. The molecule has 1 aliphatic rings. The van der Waals surface area contributed by atoms with Crippen molar-refractivity contribution >= 4 is 24.5 Å². The molecule has 7 nitrogen and oxygen atoms in total. The van der Waals surface area contributed by atoms with Gasteiger partial charge in [0.05, 0.1) is 12.5 Å². The zero-order valence-corrected chi connectivity index (χ0v) is 9.96. The van der Waals surface area contributed by atoms with Crippen LogP contribution >= 0.6 is 0 Å². The van der Waals surface area contributed by atoms with Gasteiger partial charge < -0.3 is 20.1 Å². The summed E-state index contributed by atoms with van der Waals surface area (Å²) in [4.78, 5) is 19.3. The van der Waals surface area contributed by atoms with Gasteiger partial charge >= 0.3 is 13.1 Å². The van der Waals surface area contributed by atoms with Crippen LogP contribution in [0.25, 0.3) is 0 Å². The van der Waals surface area contributed by atoms with Gasteiger partial charge in [-0.15, -0.1) is 0 Å². The molecule has 8 heteroatoms. The van der Waals surface area contributed by atoms with Crippen molar-refractivity contribution in [2.75, 3.05) is 19.0 Å². The summed E-state index contributed by atoms with van der Waals surface area (Å²) in [5, 5.41) is 20.7. The summed E-state index contributed by atoms with van der Waals surface area (Å²) in [6, 6.07) is 0. The average molecular weight is 251 g/mol. The van der Waals surface area contributed by atoms with Crippen molar-refractivity contribution in [2.45, 2.75) is 12.8 Å². The van der Waals surface area contributed by atoms with Crippen molar-refractivity contribution in [1.82, 2.24) is 9.97 Å². The molecule has 1 saturated carbocycles. The van der Waals surface area contributed by atoms with Crippen molar-refractivity contribution in [3.8, 4) is 0 Å². The van der Waals surface area contributed by atoms with Crippen LogP contribution in [-0.2, 0) is 9.53 Å². The summed E-state index contributed by atoms with van der Waals surface area (Å²) < 4.78 is 4.73. The van der Waals surface area contributed by atoms with Crippen LogP contribution in [-0.4, -0.2) is 46.8 Å². The topological polar surface area (TPSA) is 105 Å². The molecule has 0 aromatic carbocycles. The number of hydrogen-bond donors (Lipinski definition) is 3. The maximum atomic E-state index is 11.5. The molecule has 3 N–H and O–H groups in total. The second-order valence-corrected chi connectivity index (χ2v) is 4.34. The van der Waals surface area contributed by atoms with Gasteiger partial charge in [0.25, 0.3) is 0 Å². The largest absolute Gasteiger partial charge is 0.491 e. The second-order valence-electron chi connectivity index (χ2n) is 4.34. The number of anilines is 1. The van der Waals surface area contributed by atoms with Crippen LogP contribution in [0.1, 0.15) is 12.8 Å². The van der Waals surface area contributed by atoms with Gasteiger partial charge in [0.15, 0.2) is 0 Å². The van der Waals surface area contributed by atoms with Gasteiger partial charge in [0.2, 0.25) is 5.95 Å². The predicted octanol–water partition coefficient (Wildman–Crippen LogP) is -1.48. The predicted molar refractivity (Wildman–Crippen MR) is 64.0 cm³/mol. The summed E-state index contributed by atoms with van der Waals surface area (Å²) >= 11 is 0. The molecule has 0 spiro atoms. The van der Waals surface area contributed by atoms with Gasteiger partial charge in [-0.3, -0.25) is 4.79 Å². The number of carbonyl (C=O) groups is 1. The number of carbonyl (C=O) groups excluding carboxylic acids is 1. The molecule has 0 radical (unpaired) electrons. The van der Waals surface area contributed by atoms with Crippen LogP contribution < -0.4 is 10.8 Å². The summed E-state index contributed by atoms with van der Waals surface area (Å²) in [7, 11) is -0.208. The third kappa shape index (κ3) is 2.60. The summed E-state index contributed by atoms with van der Waals surface area (Å²) in [5.41, 5.74) is -0.234. The molecule has 96 valence electrons. The lowest BCUT2D eigenvalue weighted by Crippen LogP contribution is -2.31. The lowest BCUT2D eigenvalue weighted by molar-refractivity contribution is -0.146. The third-order valence-corrected chi connectivity index (χ3v) is 3.03. The number of esters is 1. The van der Waals surface area contributed by atoms with Crippen molar-refractivity contribution in [2.24, 2.45) is 5.41 Å². The minimum Gasteiger partial charge on any atom is -0.469 e. The summed E-state index contributed by atoms with van der Waals surface area (Å²) in [6.45, 7) is 0.417. The van der Waals surface area contributed by atoms with Crippen LogP contribution in [0.5, 0.6) is 0 Å². The van der Waals surface area contributed by atoms with E-state index >= 15 is 0 Å². The Bertz CT molecular complexity index is 433. The first-order valence-corrected chi connectivity index (χ1v) is 5.58. The van der Waals surface area contributed by atoms with Gasteiger partial charge in [0.1, 0.15) is 0 Å². The number of rotatable bonds is 5. The quantitative estimate of drug-likeness (QED) is 0.433. The van der Waals surface area contributed by atoms with Crippen LogP contribution in [0.2, 0.25) is 0 Å². The average Bonchev–Trinajstić information content (AvgIpc) is 3.17. The molecule has 0 saturated heterocycles. The van der Waals surface area contributed by atoms with E-state index in [1.54, 1.807) is 0 Å². The SMILES string of the molecule is COC(=O)C1(CNc2ncc(B(O)O)cn2)CC1. The maximum absolute atomic E-state index is 11.5. The fraction of sp³-hybridized carbons (Fsp3) is 0.500. The van der Waals surface area contributed by atoms with E-state index in [-0.39, 0.29) is 11.4 Å². The van der Waals surface area contributed by atoms with E-state index < -0.39 is 12.5 Å². The van der Waals surface area contributed by atoms with Gasteiger partial charge in [0, 0.05) is 24.4 Å². The minimum atomic E-state index is -1.58. The van der Waals surface area contributed by atoms with E-state index in [1.807, 2.05) is 0 Å². The lowest BCUT2D eigenvalue weighted by Gasteiger charge is -2.13. The number of aromatic nitrogens is 2. The standard InChI is InChI=1S/C10H14BN3O4/c1-18-8(15)10(2-3-10)6-14-9-12-4-7(5-13-9)11(16)17/h4-5,16-17H,2-3,6H2,1H3,(H,12,13,14). The van der Waals surface area contributed by atoms with Crippen molar-refractivity contribution in [1.29, 1.82) is 0 Å². The van der Waals surface area contributed by atoms with E-state index in [0.29, 0.717) is 12.5 Å². The normalized spacial score (nSPS) is 15.9. The highest BCUT2D eigenvalue weighted by Crippen LogP contribution is 2.46. The Morgan fingerprint density at radius 3 is 2.56 bits per heavy atom. The van der Waals surface area contributed by atoms with E-state index in [4.69, 9.17) is 14.8 Å². The highest BCUT2D eigenvalue weighted by molar-refractivity contribution is 6.58. The molecule has 1 aromatic rings. The zero-order chi connectivity index (χ0) is 13.2. The second kappa shape index (κ2) is 4.91. The molecule has 0 amide bonds. The van der Waals surface area contributed by atoms with Crippen LogP contribution in [0.4, 0.5) is 5.95 Å². The number of nitrogens with one attached hydrogen (secondary N) is 1. The third-order valence-electron chi connectivity index (χ3n) is 3.03. The molecule has 1 heterocycles. The van der Waals surface area contributed by atoms with Gasteiger partial charge in [-0.05, 0) is 12.8 Å². The van der Waals surface area contributed by atoms with E-state index in [9.17, 15) is 4.79 Å². The van der Waals surface area contributed by atoms with E-state index in [2.05, 4.69) is 15.3 Å². The molecular weight excluding hydrogens is 237 g/mol. The fourth-order valence-corrected chi connectivity index (χ4v) is 1.63.